The molecule has 0 unspecified atom stereocenters. The Kier molecular flexibility index (Phi) is 5.77. The number of carbonyl (C=O) groups excluding carboxylic acids is 1. The molecular formula is C26H22N6O2. The summed E-state index contributed by atoms with van der Waals surface area (Å²) in [5.41, 5.74) is 4.47. The van der Waals surface area contributed by atoms with Gasteiger partial charge in [0.15, 0.2) is 5.65 Å². The fraction of sp³-hybridized carbons (Fsp3) is 0.154. The smallest absolute Gasteiger partial charge is 0.254 e. The lowest BCUT2D eigenvalue weighted by molar-refractivity contribution is 0.0737. The summed E-state index contributed by atoms with van der Waals surface area (Å²) in [4.78, 5) is 20.1. The van der Waals surface area contributed by atoms with E-state index in [0.717, 1.165) is 24.2 Å². The molecule has 1 aliphatic heterocycles. The molecule has 0 saturated carbocycles. The maximum Gasteiger partial charge on any atom is 0.254 e. The van der Waals surface area contributed by atoms with Crippen LogP contribution in [0.2, 0.25) is 0 Å². The molecule has 4 aromatic rings. The van der Waals surface area contributed by atoms with E-state index in [2.05, 4.69) is 21.6 Å². The maximum absolute atomic E-state index is 13.6. The fourth-order valence-electron chi connectivity index (χ4n) is 4.05. The van der Waals surface area contributed by atoms with Crippen molar-refractivity contribution in [3.8, 4) is 23.1 Å². The molecule has 34 heavy (non-hydrogen) atoms. The van der Waals surface area contributed by atoms with Gasteiger partial charge >= 0.3 is 0 Å². The molecule has 2 aromatic heterocycles. The summed E-state index contributed by atoms with van der Waals surface area (Å²) in [5.74, 6) is 0.0906. The summed E-state index contributed by atoms with van der Waals surface area (Å²) >= 11 is 0. The second kappa shape index (κ2) is 9.17. The van der Waals surface area contributed by atoms with Crippen molar-refractivity contribution in [3.63, 3.8) is 0 Å². The maximum atomic E-state index is 13.6. The van der Waals surface area contributed by atoms with Crippen molar-refractivity contribution in [2.75, 3.05) is 26.2 Å². The third kappa shape index (κ3) is 4.25. The molecule has 2 aromatic carbocycles. The van der Waals surface area contributed by atoms with E-state index >= 15 is 0 Å². The number of aromatic nitrogens is 3. The average molecular weight is 451 g/mol. The summed E-state index contributed by atoms with van der Waals surface area (Å²) < 4.78 is 0. The number of rotatable bonds is 4. The molecular weight excluding hydrogens is 428 g/mol. The van der Waals surface area contributed by atoms with Crippen molar-refractivity contribution in [3.05, 3.63) is 77.0 Å². The Bertz CT molecular complexity index is 1430. The SMILES string of the molecule is N#Cc1cccc(C=Cc2n[nH]c3nc(-c4ccc(O)cc4)cc(C(=O)N4CCNCC4)c23)c1. The van der Waals surface area contributed by atoms with E-state index < -0.39 is 0 Å². The molecule has 5 rings (SSSR count). The van der Waals surface area contributed by atoms with Gasteiger partial charge in [0, 0.05) is 31.7 Å². The Balaban J connectivity index is 1.61. The number of amides is 1. The molecule has 8 nitrogen and oxygen atoms in total. The Morgan fingerprint density at radius 1 is 1.09 bits per heavy atom. The van der Waals surface area contributed by atoms with Crippen molar-refractivity contribution in [1.29, 1.82) is 5.26 Å². The number of aromatic hydroxyl groups is 1. The number of H-pyrrole nitrogens is 1. The van der Waals surface area contributed by atoms with E-state index in [1.807, 2.05) is 29.2 Å². The van der Waals surface area contributed by atoms with Crippen LogP contribution in [0, 0.1) is 11.3 Å². The number of hydrogen-bond acceptors (Lipinski definition) is 6. The van der Waals surface area contributed by atoms with Crippen molar-refractivity contribution >= 4 is 29.1 Å². The first kappa shape index (κ1) is 21.4. The van der Waals surface area contributed by atoms with Crippen molar-refractivity contribution < 1.29 is 9.90 Å². The van der Waals surface area contributed by atoms with Crippen LogP contribution in [0.1, 0.15) is 27.2 Å². The molecule has 168 valence electrons. The number of nitriles is 1. The summed E-state index contributed by atoms with van der Waals surface area (Å²) in [7, 11) is 0. The van der Waals surface area contributed by atoms with Gasteiger partial charge in [0.25, 0.3) is 5.91 Å². The number of phenols is 1. The normalized spacial score (nSPS) is 13.9. The summed E-state index contributed by atoms with van der Waals surface area (Å²) in [6.45, 7) is 2.75. The van der Waals surface area contributed by atoms with Crippen LogP contribution >= 0.6 is 0 Å². The second-order valence-electron chi connectivity index (χ2n) is 8.05. The molecule has 1 amide bonds. The van der Waals surface area contributed by atoms with E-state index in [-0.39, 0.29) is 11.7 Å². The Hall–Kier alpha value is -4.48. The van der Waals surface area contributed by atoms with Gasteiger partial charge in [-0.15, -0.1) is 0 Å². The minimum absolute atomic E-state index is 0.0727. The number of hydrogen-bond donors (Lipinski definition) is 3. The fourth-order valence-corrected chi connectivity index (χ4v) is 4.05. The molecule has 1 aliphatic rings. The van der Waals surface area contributed by atoms with Gasteiger partial charge in [0.2, 0.25) is 0 Å². The molecule has 1 saturated heterocycles. The number of fused-ring (bicyclic) bond motifs is 1. The van der Waals surface area contributed by atoms with Crippen LogP contribution in [0.3, 0.4) is 0 Å². The van der Waals surface area contributed by atoms with Crippen LogP contribution in [-0.4, -0.2) is 57.3 Å². The Morgan fingerprint density at radius 3 is 2.65 bits per heavy atom. The summed E-state index contributed by atoms with van der Waals surface area (Å²) in [6, 6.07) is 17.9. The van der Waals surface area contributed by atoms with Crippen molar-refractivity contribution in [2.45, 2.75) is 0 Å². The van der Waals surface area contributed by atoms with Gasteiger partial charge in [0.05, 0.1) is 34.0 Å². The first-order valence-corrected chi connectivity index (χ1v) is 11.0. The lowest BCUT2D eigenvalue weighted by Gasteiger charge is -2.27. The number of phenolic OH excluding ortho intramolecular Hbond substituents is 1. The topological polar surface area (TPSA) is 118 Å². The largest absolute Gasteiger partial charge is 0.508 e. The van der Waals surface area contributed by atoms with E-state index in [4.69, 9.17) is 10.2 Å². The van der Waals surface area contributed by atoms with Gasteiger partial charge < -0.3 is 15.3 Å². The molecule has 0 radical (unpaired) electrons. The van der Waals surface area contributed by atoms with E-state index in [1.165, 1.54) is 0 Å². The highest BCUT2D eigenvalue weighted by molar-refractivity contribution is 6.09. The number of benzene rings is 2. The molecule has 0 spiro atoms. The average Bonchev–Trinajstić information content (AvgIpc) is 3.30. The van der Waals surface area contributed by atoms with Crippen LogP contribution in [-0.2, 0) is 0 Å². The molecule has 0 atom stereocenters. The van der Waals surface area contributed by atoms with Crippen LogP contribution in [0.5, 0.6) is 5.75 Å². The van der Waals surface area contributed by atoms with Gasteiger partial charge in [-0.05, 0) is 54.1 Å². The van der Waals surface area contributed by atoms with Gasteiger partial charge in [-0.1, -0.05) is 18.2 Å². The molecule has 3 N–H and O–H groups in total. The Labute approximate surface area is 196 Å². The number of nitrogens with zero attached hydrogens (tertiary/aromatic N) is 4. The first-order valence-electron chi connectivity index (χ1n) is 11.0. The number of piperazine rings is 1. The summed E-state index contributed by atoms with van der Waals surface area (Å²) in [6.07, 6.45) is 3.69. The highest BCUT2D eigenvalue weighted by Crippen LogP contribution is 2.29. The second-order valence-corrected chi connectivity index (χ2v) is 8.05. The van der Waals surface area contributed by atoms with Crippen LogP contribution in [0.4, 0.5) is 0 Å². The minimum Gasteiger partial charge on any atom is -0.508 e. The first-order chi connectivity index (χ1) is 16.6. The van der Waals surface area contributed by atoms with E-state index in [0.29, 0.717) is 46.6 Å². The molecule has 8 heteroatoms. The Morgan fingerprint density at radius 2 is 1.88 bits per heavy atom. The third-order valence-corrected chi connectivity index (χ3v) is 5.80. The predicted octanol–water partition coefficient (Wildman–Crippen LogP) is 3.42. The minimum atomic E-state index is -0.0727. The van der Waals surface area contributed by atoms with Crippen molar-refractivity contribution in [2.24, 2.45) is 0 Å². The van der Waals surface area contributed by atoms with Crippen LogP contribution in [0.25, 0.3) is 34.4 Å². The third-order valence-electron chi connectivity index (χ3n) is 5.80. The molecule has 3 heterocycles. The monoisotopic (exact) mass is 450 g/mol. The van der Waals surface area contributed by atoms with Gasteiger partial charge in [0.1, 0.15) is 5.75 Å². The zero-order valence-corrected chi connectivity index (χ0v) is 18.3. The quantitative estimate of drug-likeness (QED) is 0.439. The van der Waals surface area contributed by atoms with Crippen LogP contribution < -0.4 is 5.32 Å². The van der Waals surface area contributed by atoms with Crippen molar-refractivity contribution in [1.82, 2.24) is 25.4 Å². The molecule has 1 fully saturated rings. The lowest BCUT2D eigenvalue weighted by atomic mass is 10.0. The van der Waals surface area contributed by atoms with Gasteiger partial charge in [-0.25, -0.2) is 4.98 Å². The lowest BCUT2D eigenvalue weighted by Crippen LogP contribution is -2.46. The number of nitrogens with one attached hydrogen (secondary N) is 2. The van der Waals surface area contributed by atoms with Crippen LogP contribution in [0.15, 0.2) is 54.6 Å². The summed E-state index contributed by atoms with van der Waals surface area (Å²) in [5, 5.41) is 30.1. The zero-order chi connectivity index (χ0) is 23.5. The van der Waals surface area contributed by atoms with E-state index in [9.17, 15) is 9.90 Å². The zero-order valence-electron chi connectivity index (χ0n) is 18.3. The van der Waals surface area contributed by atoms with E-state index in [1.54, 1.807) is 42.5 Å². The molecule has 0 bridgehead atoms. The highest BCUT2D eigenvalue weighted by Gasteiger charge is 2.24. The van der Waals surface area contributed by atoms with Gasteiger partial charge in [-0.2, -0.15) is 10.4 Å². The number of carbonyl (C=O) groups is 1. The van der Waals surface area contributed by atoms with Gasteiger partial charge in [-0.3, -0.25) is 9.89 Å². The highest BCUT2D eigenvalue weighted by atomic mass is 16.3. The number of pyridine rings is 1. The number of aromatic amines is 1. The predicted molar refractivity (Wildman–Crippen MR) is 130 cm³/mol. The molecule has 0 aliphatic carbocycles. The standard InChI is InChI=1S/C26H22N6O2/c27-16-18-3-1-2-17(14-18)4-9-22-24-21(26(34)32-12-10-28-11-13-32)15-23(29-25(24)31-30-22)19-5-7-20(33)8-6-19/h1-9,14-15,28,33H,10-13H2,(H,29,30,31).